The van der Waals surface area contributed by atoms with Gasteiger partial charge in [-0.3, -0.25) is 20.0 Å². The van der Waals surface area contributed by atoms with Crippen LogP contribution in [0.5, 0.6) is 0 Å². The summed E-state index contributed by atoms with van der Waals surface area (Å²) in [5.41, 5.74) is 7.52. The van der Waals surface area contributed by atoms with E-state index in [2.05, 4.69) is 53.0 Å². The number of anilines is 1. The Balaban J connectivity index is 1.49. The summed E-state index contributed by atoms with van der Waals surface area (Å²) in [6, 6.07) is 6.28. The van der Waals surface area contributed by atoms with E-state index in [9.17, 15) is 4.79 Å². The summed E-state index contributed by atoms with van der Waals surface area (Å²) in [5.74, 6) is -0.0376. The molecule has 3 heterocycles. The van der Waals surface area contributed by atoms with Gasteiger partial charge in [0.05, 0.1) is 17.4 Å². The number of likely N-dealkylation sites (tertiary alicyclic amines) is 1. The van der Waals surface area contributed by atoms with E-state index in [1.165, 1.54) is 11.1 Å². The van der Waals surface area contributed by atoms with Crippen LogP contribution in [0.4, 0.5) is 5.69 Å². The summed E-state index contributed by atoms with van der Waals surface area (Å²) in [4.78, 5) is 14.6. The number of carbonyl (C=O) groups is 1. The van der Waals surface area contributed by atoms with Gasteiger partial charge >= 0.3 is 0 Å². The molecule has 1 aromatic carbocycles. The van der Waals surface area contributed by atoms with Crippen LogP contribution >= 0.6 is 0 Å². The summed E-state index contributed by atoms with van der Waals surface area (Å²) >= 11 is 0. The van der Waals surface area contributed by atoms with Crippen molar-refractivity contribution in [2.75, 3.05) is 25.2 Å². The van der Waals surface area contributed by atoms with E-state index < -0.39 is 0 Å². The molecule has 1 amide bonds. The fourth-order valence-corrected chi connectivity index (χ4v) is 3.42. The molecular weight excluding hydrogens is 306 g/mol. The third-order valence-corrected chi connectivity index (χ3v) is 4.89. The Morgan fingerprint density at radius 3 is 2.75 bits per heavy atom. The van der Waals surface area contributed by atoms with E-state index in [0.29, 0.717) is 5.57 Å². The van der Waals surface area contributed by atoms with E-state index in [1.54, 1.807) is 7.11 Å². The summed E-state index contributed by atoms with van der Waals surface area (Å²) in [6.07, 6.45) is 1.77. The molecule has 128 valence electrons. The van der Waals surface area contributed by atoms with Gasteiger partial charge in [-0.15, -0.1) is 0 Å². The number of carbonyl (C=O) groups excluding carboxylic acids is 1. The molecule has 3 aliphatic rings. The Morgan fingerprint density at radius 1 is 1.25 bits per heavy atom. The number of hydrazine groups is 1. The van der Waals surface area contributed by atoms with Gasteiger partial charge in [0.1, 0.15) is 12.5 Å². The molecule has 2 saturated heterocycles. The molecule has 0 spiro atoms. The highest BCUT2D eigenvalue weighted by atomic mass is 16.5. The average molecular weight is 329 g/mol. The van der Waals surface area contributed by atoms with Crippen LogP contribution in [0, 0.1) is 13.8 Å². The van der Waals surface area contributed by atoms with Gasteiger partial charge in [-0.1, -0.05) is 17.7 Å². The quantitative estimate of drug-likeness (QED) is 0.735. The fraction of sp³-hybridized carbons (Fsp3) is 0.471. The standard InChI is InChI=1S/C17H23N5O2/c1-10-4-5-14(11(2)6-10)22-9-13-15(20-22)18-17(19-16(13)23)21-7-12(8-21)24-3/h4-6,9,12,15,17-18,20H,7-8H2,1-3H3,(H,19,23). The Hall–Kier alpha value is -1.93. The first-order valence-corrected chi connectivity index (χ1v) is 8.23. The van der Waals surface area contributed by atoms with Crippen LogP contribution in [0.25, 0.3) is 0 Å². The zero-order valence-electron chi connectivity index (χ0n) is 14.2. The lowest BCUT2D eigenvalue weighted by Gasteiger charge is -2.46. The van der Waals surface area contributed by atoms with Crippen molar-refractivity contribution in [2.45, 2.75) is 32.4 Å². The molecule has 1 aromatic rings. The molecule has 24 heavy (non-hydrogen) atoms. The largest absolute Gasteiger partial charge is 0.379 e. The Morgan fingerprint density at radius 2 is 2.04 bits per heavy atom. The van der Waals surface area contributed by atoms with Crippen LogP contribution in [-0.4, -0.2) is 49.6 Å². The summed E-state index contributed by atoms with van der Waals surface area (Å²) < 4.78 is 5.30. The van der Waals surface area contributed by atoms with Gasteiger partial charge < -0.3 is 10.1 Å². The summed E-state index contributed by atoms with van der Waals surface area (Å²) in [7, 11) is 1.72. The van der Waals surface area contributed by atoms with Crippen LogP contribution in [-0.2, 0) is 9.53 Å². The number of ether oxygens (including phenoxy) is 1. The lowest BCUT2D eigenvalue weighted by atomic mass is 10.1. The van der Waals surface area contributed by atoms with Gasteiger partial charge in [0.2, 0.25) is 0 Å². The number of nitrogens with zero attached hydrogens (tertiary/aromatic N) is 2. The topological polar surface area (TPSA) is 68.9 Å². The van der Waals surface area contributed by atoms with Crippen molar-refractivity contribution < 1.29 is 9.53 Å². The van der Waals surface area contributed by atoms with Gasteiger partial charge in [0.25, 0.3) is 5.91 Å². The number of hydrogen-bond donors (Lipinski definition) is 3. The zero-order valence-corrected chi connectivity index (χ0v) is 14.2. The predicted molar refractivity (Wildman–Crippen MR) is 90.8 cm³/mol. The highest BCUT2D eigenvalue weighted by Gasteiger charge is 2.41. The molecule has 7 heteroatoms. The van der Waals surface area contributed by atoms with Crippen molar-refractivity contribution in [1.29, 1.82) is 0 Å². The molecule has 0 aromatic heterocycles. The summed E-state index contributed by atoms with van der Waals surface area (Å²) in [6.45, 7) is 5.79. The smallest absolute Gasteiger partial charge is 0.254 e. The van der Waals surface area contributed by atoms with E-state index in [0.717, 1.165) is 18.8 Å². The molecular formula is C17H23N5O2. The first kappa shape index (κ1) is 15.6. The lowest BCUT2D eigenvalue weighted by molar-refractivity contribution is -0.126. The number of benzene rings is 1. The third kappa shape index (κ3) is 2.59. The Kier molecular flexibility index (Phi) is 3.80. The number of hydrogen-bond acceptors (Lipinski definition) is 6. The van der Waals surface area contributed by atoms with Gasteiger partial charge in [0.15, 0.2) is 0 Å². The Labute approximate surface area is 141 Å². The van der Waals surface area contributed by atoms with Crippen LogP contribution in [0.1, 0.15) is 11.1 Å². The molecule has 2 unspecified atom stereocenters. The Bertz CT molecular complexity index is 698. The fourth-order valence-electron chi connectivity index (χ4n) is 3.42. The van der Waals surface area contributed by atoms with Crippen molar-refractivity contribution in [2.24, 2.45) is 0 Å². The molecule has 0 aliphatic carbocycles. The number of rotatable bonds is 3. The van der Waals surface area contributed by atoms with E-state index in [1.807, 2.05) is 11.2 Å². The van der Waals surface area contributed by atoms with E-state index in [4.69, 9.17) is 4.74 Å². The maximum absolute atomic E-state index is 12.5. The maximum atomic E-state index is 12.5. The van der Waals surface area contributed by atoms with Crippen LogP contribution < -0.4 is 21.1 Å². The van der Waals surface area contributed by atoms with Crippen molar-refractivity contribution in [3.05, 3.63) is 41.1 Å². The third-order valence-electron chi connectivity index (χ3n) is 4.89. The molecule has 3 aliphatic heterocycles. The second kappa shape index (κ2) is 5.86. The minimum atomic E-state index is -0.189. The minimum absolute atomic E-state index is 0.0376. The van der Waals surface area contributed by atoms with E-state index >= 15 is 0 Å². The van der Waals surface area contributed by atoms with Gasteiger partial charge in [-0.05, 0) is 25.5 Å². The molecule has 0 radical (unpaired) electrons. The monoisotopic (exact) mass is 329 g/mol. The molecule has 3 N–H and O–H groups in total. The number of nitrogens with one attached hydrogen (secondary N) is 3. The van der Waals surface area contributed by atoms with Crippen LogP contribution in [0.15, 0.2) is 30.0 Å². The highest BCUT2D eigenvalue weighted by Crippen LogP contribution is 2.26. The molecule has 2 atom stereocenters. The highest BCUT2D eigenvalue weighted by molar-refractivity contribution is 5.96. The second-order valence-electron chi connectivity index (χ2n) is 6.66. The predicted octanol–water partition coefficient (Wildman–Crippen LogP) is 0.172. The van der Waals surface area contributed by atoms with E-state index in [-0.39, 0.29) is 24.5 Å². The van der Waals surface area contributed by atoms with Gasteiger partial charge in [-0.2, -0.15) is 0 Å². The number of amides is 1. The maximum Gasteiger partial charge on any atom is 0.254 e. The normalized spacial score (nSPS) is 27.5. The van der Waals surface area contributed by atoms with Crippen LogP contribution in [0.2, 0.25) is 0 Å². The second-order valence-corrected chi connectivity index (χ2v) is 6.66. The van der Waals surface area contributed by atoms with Crippen LogP contribution in [0.3, 0.4) is 0 Å². The van der Waals surface area contributed by atoms with Crippen molar-refractivity contribution in [3.63, 3.8) is 0 Å². The average Bonchev–Trinajstić information content (AvgIpc) is 2.90. The first-order chi connectivity index (χ1) is 11.5. The number of fused-ring (bicyclic) bond motifs is 1. The van der Waals surface area contributed by atoms with Gasteiger partial charge in [0, 0.05) is 26.4 Å². The molecule has 0 bridgehead atoms. The lowest BCUT2D eigenvalue weighted by Crippen LogP contribution is -2.72. The summed E-state index contributed by atoms with van der Waals surface area (Å²) in [5, 5.41) is 8.38. The van der Waals surface area contributed by atoms with Crippen molar-refractivity contribution in [1.82, 2.24) is 21.0 Å². The number of methoxy groups -OCH3 is 1. The first-order valence-electron chi connectivity index (χ1n) is 8.23. The zero-order chi connectivity index (χ0) is 16.8. The molecule has 0 saturated carbocycles. The number of aryl methyl sites for hydroxylation is 2. The minimum Gasteiger partial charge on any atom is -0.379 e. The molecule has 2 fully saturated rings. The SMILES string of the molecule is COC1CN(C2NC(=O)C3=CN(c4ccc(C)cc4C)NC3N2)C1. The molecule has 7 nitrogen and oxygen atoms in total. The molecule has 4 rings (SSSR count). The van der Waals surface area contributed by atoms with Crippen molar-refractivity contribution in [3.8, 4) is 0 Å². The van der Waals surface area contributed by atoms with Crippen molar-refractivity contribution >= 4 is 11.6 Å². The van der Waals surface area contributed by atoms with Gasteiger partial charge in [-0.25, -0.2) is 5.43 Å².